The summed E-state index contributed by atoms with van der Waals surface area (Å²) >= 11 is 0. The Labute approximate surface area is 154 Å². The van der Waals surface area contributed by atoms with Crippen molar-refractivity contribution in [1.29, 1.82) is 0 Å². The molecule has 1 unspecified atom stereocenters. The van der Waals surface area contributed by atoms with Crippen LogP contribution >= 0.6 is 0 Å². The third kappa shape index (κ3) is 3.27. The van der Waals surface area contributed by atoms with Crippen LogP contribution in [0.25, 0.3) is 0 Å². The standard InChI is InChI=1S/C19H26BF2NO3/c1-12-7-6-10-23(11-12)17(24)15-14(21)9-8-13(16(15)22)20-25-18(2,3)19(4,5)26-20/h8-9,12H,6-7,10-11H2,1-5H3. The van der Waals surface area contributed by atoms with Crippen LogP contribution in [0.2, 0.25) is 0 Å². The van der Waals surface area contributed by atoms with Gasteiger partial charge < -0.3 is 14.2 Å². The number of benzene rings is 1. The van der Waals surface area contributed by atoms with Crippen molar-refractivity contribution < 1.29 is 22.9 Å². The van der Waals surface area contributed by atoms with Gasteiger partial charge in [0.25, 0.3) is 5.91 Å². The lowest BCUT2D eigenvalue weighted by Gasteiger charge is -2.32. The minimum absolute atomic E-state index is 0.0541. The zero-order chi connectivity index (χ0) is 19.3. The summed E-state index contributed by atoms with van der Waals surface area (Å²) < 4.78 is 41.2. The van der Waals surface area contributed by atoms with Crippen LogP contribution < -0.4 is 5.46 Å². The summed E-state index contributed by atoms with van der Waals surface area (Å²) in [5, 5.41) is 0. The summed E-state index contributed by atoms with van der Waals surface area (Å²) in [6, 6.07) is 2.41. The third-order valence-corrected chi connectivity index (χ3v) is 5.79. The summed E-state index contributed by atoms with van der Waals surface area (Å²) in [6.07, 6.45) is 1.86. The first-order valence-electron chi connectivity index (χ1n) is 9.16. The van der Waals surface area contributed by atoms with Gasteiger partial charge in [0.15, 0.2) is 0 Å². The second-order valence-electron chi connectivity index (χ2n) is 8.41. The summed E-state index contributed by atoms with van der Waals surface area (Å²) in [6.45, 7) is 10.5. The lowest BCUT2D eigenvalue weighted by molar-refractivity contribution is 0.00578. The zero-order valence-corrected chi connectivity index (χ0v) is 16.1. The highest BCUT2D eigenvalue weighted by molar-refractivity contribution is 6.62. The quantitative estimate of drug-likeness (QED) is 0.756. The van der Waals surface area contributed by atoms with E-state index in [0.717, 1.165) is 18.9 Å². The highest BCUT2D eigenvalue weighted by Gasteiger charge is 2.52. The van der Waals surface area contributed by atoms with Crippen molar-refractivity contribution in [3.63, 3.8) is 0 Å². The predicted molar refractivity (Wildman–Crippen MR) is 96.4 cm³/mol. The lowest BCUT2D eigenvalue weighted by atomic mass is 9.77. The van der Waals surface area contributed by atoms with E-state index in [4.69, 9.17) is 9.31 Å². The SMILES string of the molecule is CC1CCCN(C(=O)c2c(F)ccc(B3OC(C)(C)C(C)(C)O3)c2F)C1. The van der Waals surface area contributed by atoms with E-state index in [0.29, 0.717) is 19.0 Å². The molecular formula is C19H26BF2NO3. The van der Waals surface area contributed by atoms with Crippen LogP contribution in [0.4, 0.5) is 8.78 Å². The molecule has 1 aromatic rings. The maximum absolute atomic E-state index is 15.1. The van der Waals surface area contributed by atoms with E-state index in [-0.39, 0.29) is 5.46 Å². The molecule has 0 aromatic heterocycles. The molecule has 1 atom stereocenters. The molecule has 0 N–H and O–H groups in total. The maximum atomic E-state index is 15.1. The van der Waals surface area contributed by atoms with Crippen LogP contribution in [-0.4, -0.2) is 42.2 Å². The maximum Gasteiger partial charge on any atom is 0.497 e. The van der Waals surface area contributed by atoms with Gasteiger partial charge in [-0.05, 0) is 52.5 Å². The Balaban J connectivity index is 1.94. The smallest absolute Gasteiger partial charge is 0.399 e. The fourth-order valence-electron chi connectivity index (χ4n) is 3.45. The minimum Gasteiger partial charge on any atom is -0.399 e. The second kappa shape index (κ2) is 6.61. The van der Waals surface area contributed by atoms with Gasteiger partial charge in [0.05, 0.1) is 11.2 Å². The predicted octanol–water partition coefficient (Wildman–Crippen LogP) is 3.14. The Morgan fingerprint density at radius 2 is 1.81 bits per heavy atom. The average Bonchev–Trinajstić information content (AvgIpc) is 2.75. The van der Waals surface area contributed by atoms with Crippen molar-refractivity contribution in [3.8, 4) is 0 Å². The molecule has 0 spiro atoms. The summed E-state index contributed by atoms with van der Waals surface area (Å²) in [4.78, 5) is 14.3. The molecule has 2 saturated heterocycles. The summed E-state index contributed by atoms with van der Waals surface area (Å²) in [7, 11) is -0.979. The second-order valence-corrected chi connectivity index (χ2v) is 8.41. The van der Waals surface area contributed by atoms with E-state index in [1.54, 1.807) is 0 Å². The van der Waals surface area contributed by atoms with E-state index >= 15 is 4.39 Å². The first-order valence-corrected chi connectivity index (χ1v) is 9.16. The highest BCUT2D eigenvalue weighted by Crippen LogP contribution is 2.37. The molecule has 7 heteroatoms. The Bertz CT molecular complexity index is 707. The molecule has 2 heterocycles. The topological polar surface area (TPSA) is 38.8 Å². The molecule has 4 nitrogen and oxygen atoms in total. The van der Waals surface area contributed by atoms with Crippen LogP contribution in [0, 0.1) is 17.6 Å². The number of hydrogen-bond acceptors (Lipinski definition) is 3. The number of rotatable bonds is 2. The molecule has 0 bridgehead atoms. The largest absolute Gasteiger partial charge is 0.497 e. The Morgan fingerprint density at radius 1 is 1.19 bits per heavy atom. The molecule has 3 rings (SSSR count). The molecule has 142 valence electrons. The number of likely N-dealkylation sites (tertiary alicyclic amines) is 1. The number of amides is 1. The van der Waals surface area contributed by atoms with Gasteiger partial charge >= 0.3 is 7.12 Å². The van der Waals surface area contributed by atoms with Crippen LogP contribution in [0.1, 0.15) is 57.8 Å². The third-order valence-electron chi connectivity index (χ3n) is 5.79. The zero-order valence-electron chi connectivity index (χ0n) is 16.1. The number of piperidine rings is 1. The fraction of sp³-hybridized carbons (Fsp3) is 0.632. The number of carbonyl (C=O) groups is 1. The summed E-state index contributed by atoms with van der Waals surface area (Å²) in [5.74, 6) is -2.03. The van der Waals surface area contributed by atoms with Crippen LogP contribution in [-0.2, 0) is 9.31 Å². The molecule has 2 fully saturated rings. The first kappa shape index (κ1) is 19.3. The van der Waals surface area contributed by atoms with Gasteiger partial charge in [-0.25, -0.2) is 8.78 Å². The van der Waals surface area contributed by atoms with E-state index in [1.165, 1.54) is 11.0 Å². The summed E-state index contributed by atoms with van der Waals surface area (Å²) in [5.41, 5.74) is -1.76. The molecule has 26 heavy (non-hydrogen) atoms. The lowest BCUT2D eigenvalue weighted by Crippen LogP contribution is -2.42. The van der Waals surface area contributed by atoms with E-state index in [9.17, 15) is 9.18 Å². The van der Waals surface area contributed by atoms with Crippen molar-refractivity contribution in [2.75, 3.05) is 13.1 Å². The highest BCUT2D eigenvalue weighted by atomic mass is 19.1. The first-order chi connectivity index (χ1) is 12.0. The molecule has 0 aliphatic carbocycles. The van der Waals surface area contributed by atoms with E-state index in [1.807, 2.05) is 34.6 Å². The molecule has 0 saturated carbocycles. The van der Waals surface area contributed by atoms with Crippen molar-refractivity contribution in [1.82, 2.24) is 4.90 Å². The normalized spacial score (nSPS) is 24.8. The monoisotopic (exact) mass is 365 g/mol. The average molecular weight is 365 g/mol. The van der Waals surface area contributed by atoms with E-state index in [2.05, 4.69) is 0 Å². The van der Waals surface area contributed by atoms with Gasteiger partial charge in [-0.1, -0.05) is 13.0 Å². The fourth-order valence-corrected chi connectivity index (χ4v) is 3.45. The molecule has 2 aliphatic heterocycles. The van der Waals surface area contributed by atoms with Gasteiger partial charge in [0, 0.05) is 18.6 Å². The molecule has 1 aromatic carbocycles. The Morgan fingerprint density at radius 3 is 2.38 bits per heavy atom. The minimum atomic E-state index is -0.979. The van der Waals surface area contributed by atoms with Crippen molar-refractivity contribution in [3.05, 3.63) is 29.3 Å². The molecule has 0 radical (unpaired) electrons. The van der Waals surface area contributed by atoms with Crippen molar-refractivity contribution in [2.45, 2.75) is 58.7 Å². The molecular weight excluding hydrogens is 339 g/mol. The van der Waals surface area contributed by atoms with Gasteiger partial charge in [-0.15, -0.1) is 0 Å². The number of hydrogen-bond donors (Lipinski definition) is 0. The number of carbonyl (C=O) groups excluding carboxylic acids is 1. The molecule has 2 aliphatic rings. The van der Waals surface area contributed by atoms with Crippen LogP contribution in [0.3, 0.4) is 0 Å². The molecule has 1 amide bonds. The van der Waals surface area contributed by atoms with Gasteiger partial charge in [-0.3, -0.25) is 4.79 Å². The Hall–Kier alpha value is -1.47. The van der Waals surface area contributed by atoms with Gasteiger partial charge in [0.1, 0.15) is 17.2 Å². The van der Waals surface area contributed by atoms with Gasteiger partial charge in [0.2, 0.25) is 0 Å². The van der Waals surface area contributed by atoms with Crippen molar-refractivity contribution in [2.24, 2.45) is 5.92 Å². The van der Waals surface area contributed by atoms with E-state index < -0.39 is 41.4 Å². The number of nitrogens with zero attached hydrogens (tertiary/aromatic N) is 1. The van der Waals surface area contributed by atoms with Crippen LogP contribution in [0.5, 0.6) is 0 Å². The van der Waals surface area contributed by atoms with Crippen LogP contribution in [0.15, 0.2) is 12.1 Å². The number of halogens is 2. The van der Waals surface area contributed by atoms with Gasteiger partial charge in [-0.2, -0.15) is 0 Å². The van der Waals surface area contributed by atoms with Crippen molar-refractivity contribution >= 4 is 18.5 Å². The Kier molecular flexibility index (Phi) is 4.90.